The molecule has 3 aliphatic heterocycles. The Kier molecular flexibility index (Phi) is 4.82. The van der Waals surface area contributed by atoms with Crippen LogP contribution >= 0.6 is 0 Å². The molecule has 6 nitrogen and oxygen atoms in total. The first kappa shape index (κ1) is 16.2. The largest absolute Gasteiger partial charge is 0.487 e. The van der Waals surface area contributed by atoms with Crippen LogP contribution in [0.25, 0.3) is 0 Å². The molecule has 3 fully saturated rings. The van der Waals surface area contributed by atoms with Crippen LogP contribution in [0.3, 0.4) is 0 Å². The molecule has 1 aromatic carbocycles. The van der Waals surface area contributed by atoms with Crippen molar-refractivity contribution >= 4 is 5.69 Å². The first-order valence-electron chi connectivity index (χ1n) is 8.42. The van der Waals surface area contributed by atoms with Crippen molar-refractivity contribution in [3.05, 3.63) is 33.9 Å². The van der Waals surface area contributed by atoms with Crippen molar-refractivity contribution in [1.82, 2.24) is 4.90 Å². The molecule has 2 unspecified atom stereocenters. The number of hydrogen-bond donors (Lipinski definition) is 1. The Labute approximate surface area is 136 Å². The molecule has 23 heavy (non-hydrogen) atoms. The highest BCUT2D eigenvalue weighted by Crippen LogP contribution is 2.35. The van der Waals surface area contributed by atoms with E-state index in [4.69, 9.17) is 4.74 Å². The maximum absolute atomic E-state index is 11.3. The third-order valence-electron chi connectivity index (χ3n) is 5.05. The van der Waals surface area contributed by atoms with Crippen molar-refractivity contribution in [1.29, 1.82) is 0 Å². The van der Waals surface area contributed by atoms with E-state index >= 15 is 0 Å². The third-order valence-corrected chi connectivity index (χ3v) is 5.05. The van der Waals surface area contributed by atoms with Crippen LogP contribution in [0.5, 0.6) is 5.75 Å². The standard InChI is InChI=1S/C17H24N2O4/c1-2-9-23-16-4-3-12(10-14(16)19(21)22)11-15-17(20)13-5-7-18(15)8-6-13/h3-4,10,13,15,17,20H,2,5-9,11H2,1H3. The molecule has 2 bridgehead atoms. The number of nitro groups is 1. The molecule has 0 aliphatic carbocycles. The molecule has 0 amide bonds. The second kappa shape index (κ2) is 6.84. The topological polar surface area (TPSA) is 75.8 Å². The number of hydrogen-bond acceptors (Lipinski definition) is 5. The number of nitro benzene ring substituents is 1. The molecule has 1 aromatic rings. The molecule has 0 radical (unpaired) electrons. The average molecular weight is 320 g/mol. The van der Waals surface area contributed by atoms with Crippen molar-refractivity contribution in [2.75, 3.05) is 19.7 Å². The number of piperidine rings is 3. The summed E-state index contributed by atoms with van der Waals surface area (Å²) in [4.78, 5) is 13.2. The van der Waals surface area contributed by atoms with Crippen molar-refractivity contribution < 1.29 is 14.8 Å². The average Bonchev–Trinajstić information content (AvgIpc) is 2.57. The highest BCUT2D eigenvalue weighted by molar-refractivity contribution is 5.49. The fraction of sp³-hybridized carbons (Fsp3) is 0.647. The number of nitrogens with zero attached hydrogens (tertiary/aromatic N) is 2. The number of rotatable bonds is 6. The smallest absolute Gasteiger partial charge is 0.311 e. The lowest BCUT2D eigenvalue weighted by Gasteiger charge is -2.49. The molecule has 3 aliphatic rings. The van der Waals surface area contributed by atoms with Gasteiger partial charge in [-0.25, -0.2) is 0 Å². The summed E-state index contributed by atoms with van der Waals surface area (Å²) in [6, 6.07) is 5.24. The molecule has 4 rings (SSSR count). The third kappa shape index (κ3) is 3.33. The summed E-state index contributed by atoms with van der Waals surface area (Å²) >= 11 is 0. The summed E-state index contributed by atoms with van der Waals surface area (Å²) in [6.45, 7) is 4.48. The van der Waals surface area contributed by atoms with Crippen LogP contribution in [0.2, 0.25) is 0 Å². The molecule has 0 saturated carbocycles. The van der Waals surface area contributed by atoms with Gasteiger partial charge in [0.05, 0.1) is 17.6 Å². The molecule has 0 spiro atoms. The Morgan fingerprint density at radius 1 is 1.39 bits per heavy atom. The van der Waals surface area contributed by atoms with Gasteiger partial charge in [-0.05, 0) is 56.3 Å². The Morgan fingerprint density at radius 3 is 2.74 bits per heavy atom. The Morgan fingerprint density at radius 2 is 2.13 bits per heavy atom. The molecule has 3 heterocycles. The van der Waals surface area contributed by atoms with Crippen molar-refractivity contribution in [2.45, 2.75) is 44.8 Å². The Balaban J connectivity index is 1.77. The lowest BCUT2D eigenvalue weighted by Crippen LogP contribution is -2.58. The van der Waals surface area contributed by atoms with Crippen LogP contribution in [-0.4, -0.2) is 46.8 Å². The number of aliphatic hydroxyl groups is 1. The monoisotopic (exact) mass is 320 g/mol. The van der Waals surface area contributed by atoms with Gasteiger partial charge in [0.15, 0.2) is 5.75 Å². The van der Waals surface area contributed by atoms with Gasteiger partial charge in [-0.3, -0.25) is 15.0 Å². The van der Waals surface area contributed by atoms with E-state index < -0.39 is 4.92 Å². The van der Waals surface area contributed by atoms with Crippen LogP contribution < -0.4 is 4.74 Å². The van der Waals surface area contributed by atoms with E-state index in [9.17, 15) is 15.2 Å². The predicted octanol–water partition coefficient (Wildman–Crippen LogP) is 2.38. The molecule has 3 saturated heterocycles. The van der Waals surface area contributed by atoms with Crippen molar-refractivity contribution in [2.24, 2.45) is 5.92 Å². The highest BCUT2D eigenvalue weighted by atomic mass is 16.6. The summed E-state index contributed by atoms with van der Waals surface area (Å²) in [7, 11) is 0. The van der Waals surface area contributed by atoms with Crippen LogP contribution in [0.4, 0.5) is 5.69 Å². The van der Waals surface area contributed by atoms with E-state index in [0.717, 1.165) is 37.9 Å². The minimum Gasteiger partial charge on any atom is -0.487 e. The highest BCUT2D eigenvalue weighted by Gasteiger charge is 2.41. The molecular formula is C17H24N2O4. The van der Waals surface area contributed by atoms with Gasteiger partial charge < -0.3 is 9.84 Å². The summed E-state index contributed by atoms with van der Waals surface area (Å²) in [5, 5.41) is 21.8. The van der Waals surface area contributed by atoms with Gasteiger partial charge in [0.25, 0.3) is 0 Å². The maximum Gasteiger partial charge on any atom is 0.311 e. The van der Waals surface area contributed by atoms with E-state index in [0.29, 0.717) is 24.7 Å². The Hall–Kier alpha value is -1.66. The van der Waals surface area contributed by atoms with Crippen LogP contribution in [-0.2, 0) is 6.42 Å². The zero-order valence-corrected chi connectivity index (χ0v) is 13.5. The summed E-state index contributed by atoms with van der Waals surface area (Å²) in [5.74, 6) is 0.707. The van der Waals surface area contributed by atoms with Gasteiger partial charge in [0.2, 0.25) is 0 Å². The number of benzene rings is 1. The van der Waals surface area contributed by atoms with Crippen LogP contribution in [0, 0.1) is 16.0 Å². The van der Waals surface area contributed by atoms with Gasteiger partial charge in [-0.1, -0.05) is 13.0 Å². The zero-order chi connectivity index (χ0) is 16.4. The molecule has 1 N–H and O–H groups in total. The van der Waals surface area contributed by atoms with E-state index in [1.807, 2.05) is 13.0 Å². The number of fused-ring (bicyclic) bond motifs is 3. The summed E-state index contributed by atoms with van der Waals surface area (Å²) in [5.41, 5.74) is 0.901. The minimum atomic E-state index is -0.391. The van der Waals surface area contributed by atoms with Gasteiger partial charge >= 0.3 is 5.69 Å². The first-order valence-corrected chi connectivity index (χ1v) is 8.42. The molecule has 0 aromatic heterocycles. The normalized spacial score (nSPS) is 29.5. The minimum absolute atomic E-state index is 0.0152. The van der Waals surface area contributed by atoms with Gasteiger partial charge in [0.1, 0.15) is 0 Å². The van der Waals surface area contributed by atoms with Gasteiger partial charge in [-0.15, -0.1) is 0 Å². The summed E-state index contributed by atoms with van der Waals surface area (Å²) < 4.78 is 5.46. The van der Waals surface area contributed by atoms with Gasteiger partial charge in [-0.2, -0.15) is 0 Å². The fourth-order valence-electron chi connectivity index (χ4n) is 3.78. The number of ether oxygens (including phenoxy) is 1. The van der Waals surface area contributed by atoms with E-state index in [2.05, 4.69) is 4.90 Å². The van der Waals surface area contributed by atoms with Crippen LogP contribution in [0.15, 0.2) is 18.2 Å². The second-order valence-electron chi connectivity index (χ2n) is 6.54. The molecule has 126 valence electrons. The van der Waals surface area contributed by atoms with E-state index in [-0.39, 0.29) is 17.8 Å². The molecule has 6 heteroatoms. The van der Waals surface area contributed by atoms with E-state index in [1.165, 1.54) is 0 Å². The SMILES string of the molecule is CCCOc1ccc(CC2C(O)C3CCN2CC3)cc1[N+](=O)[O-]. The van der Waals surface area contributed by atoms with Crippen molar-refractivity contribution in [3.8, 4) is 5.75 Å². The van der Waals surface area contributed by atoms with Gasteiger partial charge in [0, 0.05) is 12.1 Å². The van der Waals surface area contributed by atoms with E-state index in [1.54, 1.807) is 12.1 Å². The zero-order valence-electron chi connectivity index (χ0n) is 13.5. The quantitative estimate of drug-likeness (QED) is 0.643. The first-order chi connectivity index (χ1) is 11.1. The van der Waals surface area contributed by atoms with Crippen molar-refractivity contribution in [3.63, 3.8) is 0 Å². The fourth-order valence-corrected chi connectivity index (χ4v) is 3.78. The maximum atomic E-state index is 11.3. The second-order valence-corrected chi connectivity index (χ2v) is 6.54. The summed E-state index contributed by atoms with van der Waals surface area (Å²) in [6.07, 6.45) is 3.24. The predicted molar refractivity (Wildman–Crippen MR) is 86.7 cm³/mol. The molecular weight excluding hydrogens is 296 g/mol. The van der Waals surface area contributed by atoms with Crippen LogP contribution in [0.1, 0.15) is 31.7 Å². The number of aliphatic hydroxyl groups excluding tert-OH is 1. The lowest BCUT2D eigenvalue weighted by atomic mass is 9.78. The molecule has 2 atom stereocenters. The Bertz CT molecular complexity index is 568. The lowest BCUT2D eigenvalue weighted by molar-refractivity contribution is -0.385.